The minimum Gasteiger partial charge on any atom is -0.486 e. The molecule has 0 saturated carbocycles. The van der Waals surface area contributed by atoms with E-state index < -0.39 is 0 Å². The van der Waals surface area contributed by atoms with Gasteiger partial charge in [-0.05, 0) is 14.1 Å². The Bertz CT molecular complexity index is 579. The Morgan fingerprint density at radius 1 is 1.32 bits per heavy atom. The third kappa shape index (κ3) is 2.23. The van der Waals surface area contributed by atoms with Crippen LogP contribution in [0.25, 0.3) is 11.0 Å². The highest BCUT2D eigenvalue weighted by Crippen LogP contribution is 2.38. The smallest absolute Gasteiger partial charge is 0.240 e. The first-order valence-electron chi connectivity index (χ1n) is 6.50. The quantitative estimate of drug-likeness (QED) is 0.830. The van der Waals surface area contributed by atoms with Gasteiger partial charge in [0.15, 0.2) is 0 Å². The van der Waals surface area contributed by atoms with Crippen LogP contribution in [-0.2, 0) is 6.54 Å². The minimum atomic E-state index is 0.670. The van der Waals surface area contributed by atoms with E-state index in [-0.39, 0.29) is 0 Å². The van der Waals surface area contributed by atoms with E-state index in [2.05, 4.69) is 33.5 Å². The zero-order chi connectivity index (χ0) is 13.2. The molecule has 0 N–H and O–H groups in total. The summed E-state index contributed by atoms with van der Waals surface area (Å²) in [6.07, 6.45) is 4.27. The maximum atomic E-state index is 5.85. The van der Waals surface area contributed by atoms with Gasteiger partial charge in [-0.15, -0.1) is 0 Å². The second-order valence-corrected chi connectivity index (χ2v) is 4.90. The molecule has 0 atom stereocenters. The first kappa shape index (κ1) is 12.2. The lowest BCUT2D eigenvalue weighted by Gasteiger charge is -2.13. The van der Waals surface area contributed by atoms with E-state index in [4.69, 9.17) is 9.47 Å². The summed E-state index contributed by atoms with van der Waals surface area (Å²) in [4.78, 5) is 10.6. The van der Waals surface area contributed by atoms with Crippen LogP contribution in [0.1, 0.15) is 6.42 Å². The van der Waals surface area contributed by atoms with Gasteiger partial charge in [0.25, 0.3) is 0 Å². The summed E-state index contributed by atoms with van der Waals surface area (Å²) >= 11 is 0. The van der Waals surface area contributed by atoms with Crippen molar-refractivity contribution in [2.45, 2.75) is 13.0 Å². The van der Waals surface area contributed by atoms with Gasteiger partial charge in [-0.2, -0.15) is 0 Å². The molecule has 0 spiro atoms. The number of rotatable bonds is 3. The van der Waals surface area contributed by atoms with Crippen molar-refractivity contribution in [3.63, 3.8) is 0 Å². The normalized spacial score (nSPS) is 14.9. The van der Waals surface area contributed by atoms with Gasteiger partial charge in [-0.3, -0.25) is 0 Å². The molecule has 0 radical (unpaired) electrons. The largest absolute Gasteiger partial charge is 0.486 e. The van der Waals surface area contributed by atoms with Crippen LogP contribution in [0.15, 0.2) is 12.5 Å². The number of aromatic nitrogens is 3. The Hall–Kier alpha value is -1.82. The van der Waals surface area contributed by atoms with Crippen molar-refractivity contribution in [3.05, 3.63) is 12.5 Å². The zero-order valence-corrected chi connectivity index (χ0v) is 11.3. The molecule has 19 heavy (non-hydrogen) atoms. The van der Waals surface area contributed by atoms with Crippen molar-refractivity contribution in [1.82, 2.24) is 19.4 Å². The fraction of sp³-hybridized carbons (Fsp3) is 0.538. The maximum Gasteiger partial charge on any atom is 0.240 e. The molecule has 1 aliphatic rings. The standard InChI is InChI=1S/C13H18N4O2/c1-16(2)4-5-17-10-8-14-9-15-11(10)12-13(17)19-7-3-6-18-12/h8-9H,3-7H2,1-2H3. The molecule has 0 amide bonds. The Kier molecular flexibility index (Phi) is 3.25. The molecule has 0 aliphatic carbocycles. The van der Waals surface area contributed by atoms with E-state index >= 15 is 0 Å². The van der Waals surface area contributed by atoms with Crippen molar-refractivity contribution in [2.75, 3.05) is 33.9 Å². The van der Waals surface area contributed by atoms with Gasteiger partial charge in [0.2, 0.25) is 11.6 Å². The lowest BCUT2D eigenvalue weighted by molar-refractivity contribution is 0.281. The minimum absolute atomic E-state index is 0.670. The van der Waals surface area contributed by atoms with Crippen LogP contribution in [0.3, 0.4) is 0 Å². The predicted octanol–water partition coefficient (Wildman–Crippen LogP) is 1.15. The summed E-state index contributed by atoms with van der Waals surface area (Å²) in [7, 11) is 4.11. The third-order valence-corrected chi connectivity index (χ3v) is 3.18. The van der Waals surface area contributed by atoms with Crippen molar-refractivity contribution in [2.24, 2.45) is 0 Å². The first-order chi connectivity index (χ1) is 9.27. The SMILES string of the molecule is CN(C)CCn1c2c(c3ncncc31)OCCCO2. The van der Waals surface area contributed by atoms with E-state index in [1.54, 1.807) is 6.33 Å². The average Bonchev–Trinajstić information content (AvgIpc) is 2.56. The lowest BCUT2D eigenvalue weighted by atomic mass is 10.4. The summed E-state index contributed by atoms with van der Waals surface area (Å²) in [5.41, 5.74) is 1.81. The molecule has 2 aromatic heterocycles. The second-order valence-electron chi connectivity index (χ2n) is 4.90. The zero-order valence-electron chi connectivity index (χ0n) is 11.3. The fourth-order valence-electron chi connectivity index (χ4n) is 2.23. The molecule has 3 rings (SSSR count). The Labute approximate surface area is 112 Å². The monoisotopic (exact) mass is 262 g/mol. The molecular formula is C13H18N4O2. The van der Waals surface area contributed by atoms with Crippen LogP contribution in [0.4, 0.5) is 0 Å². The number of hydrogen-bond donors (Lipinski definition) is 0. The maximum absolute atomic E-state index is 5.85. The van der Waals surface area contributed by atoms with E-state index in [9.17, 15) is 0 Å². The topological polar surface area (TPSA) is 52.4 Å². The summed E-state index contributed by atoms with van der Waals surface area (Å²) in [6, 6.07) is 0. The molecule has 3 heterocycles. The number of likely N-dealkylation sites (N-methyl/N-ethyl adjacent to an activating group) is 1. The van der Waals surface area contributed by atoms with Gasteiger partial charge in [0.05, 0.1) is 24.9 Å². The van der Waals surface area contributed by atoms with Crippen molar-refractivity contribution < 1.29 is 9.47 Å². The summed E-state index contributed by atoms with van der Waals surface area (Å²) in [6.45, 7) is 3.10. The van der Waals surface area contributed by atoms with Crippen LogP contribution in [-0.4, -0.2) is 53.3 Å². The van der Waals surface area contributed by atoms with Crippen molar-refractivity contribution >= 4 is 11.0 Å². The highest BCUT2D eigenvalue weighted by Gasteiger charge is 2.23. The molecule has 0 fully saturated rings. The van der Waals surface area contributed by atoms with Gasteiger partial charge in [0, 0.05) is 19.5 Å². The van der Waals surface area contributed by atoms with Crippen LogP contribution in [0.2, 0.25) is 0 Å². The Morgan fingerprint density at radius 3 is 3.00 bits per heavy atom. The van der Waals surface area contributed by atoms with Crippen LogP contribution < -0.4 is 9.47 Å². The van der Waals surface area contributed by atoms with Crippen molar-refractivity contribution in [1.29, 1.82) is 0 Å². The predicted molar refractivity (Wildman–Crippen MR) is 71.7 cm³/mol. The summed E-state index contributed by atoms with van der Waals surface area (Å²) < 4.78 is 13.8. The molecule has 1 aliphatic heterocycles. The van der Waals surface area contributed by atoms with Crippen LogP contribution in [0.5, 0.6) is 11.6 Å². The highest BCUT2D eigenvalue weighted by atomic mass is 16.5. The Morgan fingerprint density at radius 2 is 2.16 bits per heavy atom. The number of ether oxygens (including phenoxy) is 2. The van der Waals surface area contributed by atoms with Gasteiger partial charge in [-0.1, -0.05) is 0 Å². The number of nitrogens with zero attached hydrogens (tertiary/aromatic N) is 4. The summed E-state index contributed by atoms with van der Waals surface area (Å²) in [5.74, 6) is 1.54. The molecule has 6 heteroatoms. The molecule has 2 aromatic rings. The third-order valence-electron chi connectivity index (χ3n) is 3.18. The van der Waals surface area contributed by atoms with E-state index in [1.807, 2.05) is 6.20 Å². The number of fused-ring (bicyclic) bond motifs is 3. The molecule has 0 saturated heterocycles. The molecule has 0 bridgehead atoms. The van der Waals surface area contributed by atoms with Gasteiger partial charge in [-0.25, -0.2) is 9.97 Å². The van der Waals surface area contributed by atoms with Crippen LogP contribution in [0, 0.1) is 0 Å². The van der Waals surface area contributed by atoms with Gasteiger partial charge >= 0.3 is 0 Å². The van der Waals surface area contributed by atoms with E-state index in [1.165, 1.54) is 0 Å². The van der Waals surface area contributed by atoms with Crippen molar-refractivity contribution in [3.8, 4) is 11.6 Å². The molecule has 0 unspecified atom stereocenters. The highest BCUT2D eigenvalue weighted by molar-refractivity contribution is 5.85. The van der Waals surface area contributed by atoms with E-state index in [0.717, 1.165) is 42.2 Å². The molecule has 6 nitrogen and oxygen atoms in total. The van der Waals surface area contributed by atoms with Gasteiger partial charge in [0.1, 0.15) is 11.8 Å². The lowest BCUT2D eigenvalue weighted by Crippen LogP contribution is -2.19. The Balaban J connectivity index is 2.09. The molecule has 102 valence electrons. The average molecular weight is 262 g/mol. The fourth-order valence-corrected chi connectivity index (χ4v) is 2.23. The van der Waals surface area contributed by atoms with Gasteiger partial charge < -0.3 is 18.9 Å². The second kappa shape index (κ2) is 5.05. The van der Waals surface area contributed by atoms with Crippen LogP contribution >= 0.6 is 0 Å². The summed E-state index contributed by atoms with van der Waals surface area (Å²) in [5, 5.41) is 0. The number of hydrogen-bond acceptors (Lipinski definition) is 5. The first-order valence-corrected chi connectivity index (χ1v) is 6.50. The molecular weight excluding hydrogens is 244 g/mol. The molecule has 0 aromatic carbocycles. The van der Waals surface area contributed by atoms with E-state index in [0.29, 0.717) is 13.2 Å².